The fourth-order valence-corrected chi connectivity index (χ4v) is 1.41. The van der Waals surface area contributed by atoms with Gasteiger partial charge in [0.1, 0.15) is 5.82 Å². The summed E-state index contributed by atoms with van der Waals surface area (Å²) in [7, 11) is 0. The van der Waals surface area contributed by atoms with Gasteiger partial charge in [-0.25, -0.2) is 4.39 Å². The third-order valence-corrected chi connectivity index (χ3v) is 2.89. The zero-order valence-electron chi connectivity index (χ0n) is 9.55. The van der Waals surface area contributed by atoms with E-state index >= 15 is 0 Å². The van der Waals surface area contributed by atoms with Crippen molar-refractivity contribution < 1.29 is 4.39 Å². The van der Waals surface area contributed by atoms with E-state index in [0.29, 0.717) is 17.6 Å². The van der Waals surface area contributed by atoms with Crippen molar-refractivity contribution in [2.75, 3.05) is 11.1 Å². The lowest BCUT2D eigenvalue weighted by Crippen LogP contribution is -2.23. The molecule has 0 spiro atoms. The van der Waals surface area contributed by atoms with Gasteiger partial charge < -0.3 is 11.1 Å². The van der Waals surface area contributed by atoms with Crippen molar-refractivity contribution in [2.45, 2.75) is 33.2 Å². The molecule has 0 aliphatic rings. The summed E-state index contributed by atoms with van der Waals surface area (Å²) in [4.78, 5) is 0. The summed E-state index contributed by atoms with van der Waals surface area (Å²) in [5.74, 6) is 0.267. The van der Waals surface area contributed by atoms with Crippen LogP contribution in [0.15, 0.2) is 18.2 Å². The first-order valence-electron chi connectivity index (χ1n) is 5.36. The lowest BCUT2D eigenvalue weighted by molar-refractivity contribution is 0.495. The van der Waals surface area contributed by atoms with Crippen LogP contribution < -0.4 is 11.1 Å². The molecule has 0 aromatic heterocycles. The van der Waals surface area contributed by atoms with Gasteiger partial charge in [0.2, 0.25) is 0 Å². The third kappa shape index (κ3) is 3.11. The number of anilines is 2. The van der Waals surface area contributed by atoms with Crippen LogP contribution in [-0.2, 0) is 0 Å². The van der Waals surface area contributed by atoms with Crippen LogP contribution in [-0.4, -0.2) is 6.04 Å². The highest BCUT2D eigenvalue weighted by molar-refractivity contribution is 5.66. The van der Waals surface area contributed by atoms with E-state index in [-0.39, 0.29) is 5.82 Å². The molecule has 0 bridgehead atoms. The monoisotopic (exact) mass is 210 g/mol. The van der Waals surface area contributed by atoms with Crippen LogP contribution in [0.25, 0.3) is 0 Å². The van der Waals surface area contributed by atoms with E-state index in [4.69, 9.17) is 5.73 Å². The van der Waals surface area contributed by atoms with E-state index in [0.717, 1.165) is 12.1 Å². The second-order valence-electron chi connectivity index (χ2n) is 4.05. The number of nitrogens with one attached hydrogen (secondary N) is 1. The van der Waals surface area contributed by atoms with Crippen LogP contribution in [0.3, 0.4) is 0 Å². The number of hydrogen-bond donors (Lipinski definition) is 2. The Hall–Kier alpha value is -1.25. The molecule has 1 aromatic rings. The molecule has 0 radical (unpaired) electrons. The summed E-state index contributed by atoms with van der Waals surface area (Å²) in [6, 6.07) is 4.78. The molecule has 3 N–H and O–H groups in total. The van der Waals surface area contributed by atoms with Gasteiger partial charge in [-0.3, -0.25) is 0 Å². The smallest absolute Gasteiger partial charge is 0.125 e. The Morgan fingerprint density at radius 3 is 2.60 bits per heavy atom. The Morgan fingerprint density at radius 1 is 1.40 bits per heavy atom. The summed E-state index contributed by atoms with van der Waals surface area (Å²) in [6.07, 6.45) is 1.11. The maximum absolute atomic E-state index is 12.8. The SMILES string of the molecule is CCC(C)C(C)Nc1ccc(F)cc1N. The molecule has 0 heterocycles. The normalized spacial score (nSPS) is 14.7. The minimum absolute atomic E-state index is 0.297. The number of benzene rings is 1. The second-order valence-corrected chi connectivity index (χ2v) is 4.05. The highest BCUT2D eigenvalue weighted by Gasteiger charge is 2.11. The molecule has 1 rings (SSSR count). The summed E-state index contributed by atoms with van der Waals surface area (Å²) in [6.45, 7) is 6.44. The van der Waals surface area contributed by atoms with E-state index in [1.165, 1.54) is 12.1 Å². The Balaban J connectivity index is 2.72. The average Bonchev–Trinajstić information content (AvgIpc) is 2.20. The largest absolute Gasteiger partial charge is 0.397 e. The van der Waals surface area contributed by atoms with Crippen molar-refractivity contribution in [1.82, 2.24) is 0 Å². The molecule has 2 nitrogen and oxygen atoms in total. The zero-order chi connectivity index (χ0) is 11.4. The molecule has 1 aromatic carbocycles. The van der Waals surface area contributed by atoms with Gasteiger partial charge in [0.25, 0.3) is 0 Å². The van der Waals surface area contributed by atoms with E-state index in [9.17, 15) is 4.39 Å². The Labute approximate surface area is 90.7 Å². The van der Waals surface area contributed by atoms with Crippen LogP contribution in [0.4, 0.5) is 15.8 Å². The highest BCUT2D eigenvalue weighted by Crippen LogP contribution is 2.22. The van der Waals surface area contributed by atoms with Crippen molar-refractivity contribution in [3.05, 3.63) is 24.0 Å². The Bertz CT molecular complexity index is 325. The second kappa shape index (κ2) is 5.01. The first kappa shape index (κ1) is 11.8. The predicted molar refractivity (Wildman–Crippen MR) is 63.4 cm³/mol. The molecule has 0 aliphatic heterocycles. The van der Waals surface area contributed by atoms with Crippen LogP contribution in [0.5, 0.6) is 0 Å². The molecule has 3 heteroatoms. The van der Waals surface area contributed by atoms with Crippen LogP contribution in [0.1, 0.15) is 27.2 Å². The number of rotatable bonds is 4. The maximum atomic E-state index is 12.8. The minimum atomic E-state index is -0.297. The van der Waals surface area contributed by atoms with E-state index in [1.807, 2.05) is 0 Å². The molecule has 0 saturated heterocycles. The fraction of sp³-hybridized carbons (Fsp3) is 0.500. The number of halogens is 1. The van der Waals surface area contributed by atoms with Gasteiger partial charge in [-0.05, 0) is 31.0 Å². The van der Waals surface area contributed by atoms with Gasteiger partial charge >= 0.3 is 0 Å². The van der Waals surface area contributed by atoms with Crippen LogP contribution >= 0.6 is 0 Å². The van der Waals surface area contributed by atoms with Crippen molar-refractivity contribution in [3.63, 3.8) is 0 Å². The van der Waals surface area contributed by atoms with Gasteiger partial charge in [0.05, 0.1) is 11.4 Å². The Kier molecular flexibility index (Phi) is 3.95. The standard InChI is InChI=1S/C12H19FN2/c1-4-8(2)9(3)15-12-6-5-10(13)7-11(12)14/h5-9,15H,4,14H2,1-3H3. The lowest BCUT2D eigenvalue weighted by atomic mass is 10.0. The third-order valence-electron chi connectivity index (χ3n) is 2.89. The molecular formula is C12H19FN2. The maximum Gasteiger partial charge on any atom is 0.125 e. The fourth-order valence-electron chi connectivity index (χ4n) is 1.41. The number of nitrogens with two attached hydrogens (primary N) is 1. The topological polar surface area (TPSA) is 38.0 Å². The molecular weight excluding hydrogens is 191 g/mol. The minimum Gasteiger partial charge on any atom is -0.397 e. The summed E-state index contributed by atoms with van der Waals surface area (Å²) < 4.78 is 12.8. The average molecular weight is 210 g/mol. The summed E-state index contributed by atoms with van der Waals surface area (Å²) in [5.41, 5.74) is 6.98. The first-order valence-corrected chi connectivity index (χ1v) is 5.36. The van der Waals surface area contributed by atoms with Gasteiger partial charge in [-0.1, -0.05) is 20.3 Å². The molecule has 2 unspecified atom stereocenters. The molecule has 0 fully saturated rings. The lowest BCUT2D eigenvalue weighted by Gasteiger charge is -2.22. The van der Waals surface area contributed by atoms with Crippen LogP contribution in [0, 0.1) is 11.7 Å². The van der Waals surface area contributed by atoms with E-state index in [2.05, 4.69) is 26.1 Å². The van der Waals surface area contributed by atoms with Crippen molar-refractivity contribution in [2.24, 2.45) is 5.92 Å². The molecule has 0 aliphatic carbocycles. The first-order chi connectivity index (χ1) is 7.04. The van der Waals surface area contributed by atoms with Crippen molar-refractivity contribution in [1.29, 1.82) is 0 Å². The van der Waals surface area contributed by atoms with Crippen LogP contribution in [0.2, 0.25) is 0 Å². The van der Waals surface area contributed by atoms with Gasteiger partial charge in [0, 0.05) is 6.04 Å². The molecule has 0 saturated carbocycles. The number of hydrogen-bond acceptors (Lipinski definition) is 2. The summed E-state index contributed by atoms with van der Waals surface area (Å²) in [5, 5.41) is 3.30. The quantitative estimate of drug-likeness (QED) is 0.749. The van der Waals surface area contributed by atoms with Crippen molar-refractivity contribution in [3.8, 4) is 0 Å². The van der Waals surface area contributed by atoms with E-state index < -0.39 is 0 Å². The zero-order valence-corrected chi connectivity index (χ0v) is 9.55. The molecule has 0 amide bonds. The molecule has 2 atom stereocenters. The molecule has 84 valence electrons. The summed E-state index contributed by atoms with van der Waals surface area (Å²) >= 11 is 0. The van der Waals surface area contributed by atoms with Gasteiger partial charge in [0.15, 0.2) is 0 Å². The van der Waals surface area contributed by atoms with Gasteiger partial charge in [-0.2, -0.15) is 0 Å². The van der Waals surface area contributed by atoms with Crippen molar-refractivity contribution >= 4 is 11.4 Å². The Morgan fingerprint density at radius 2 is 2.07 bits per heavy atom. The highest BCUT2D eigenvalue weighted by atomic mass is 19.1. The molecule has 15 heavy (non-hydrogen) atoms. The predicted octanol–water partition coefficient (Wildman–Crippen LogP) is 3.25. The van der Waals surface area contributed by atoms with Gasteiger partial charge in [-0.15, -0.1) is 0 Å². The number of nitrogen functional groups attached to an aromatic ring is 1. The van der Waals surface area contributed by atoms with E-state index in [1.54, 1.807) is 6.07 Å².